The molecule has 35 heavy (non-hydrogen) atoms. The molecule has 0 aromatic heterocycles. The largest absolute Gasteiger partial charge is 0.480 e. The second-order valence-electron chi connectivity index (χ2n) is 9.44. The zero-order chi connectivity index (χ0) is 24.8. The maximum Gasteiger partial charge on any atom is 0.407 e. The van der Waals surface area contributed by atoms with Crippen LogP contribution in [0.25, 0.3) is 11.1 Å². The van der Waals surface area contributed by atoms with Gasteiger partial charge in [-0.15, -0.1) is 0 Å². The van der Waals surface area contributed by atoms with Crippen LogP contribution in [-0.2, 0) is 19.1 Å². The van der Waals surface area contributed by atoms with Crippen LogP contribution in [0.5, 0.6) is 0 Å². The van der Waals surface area contributed by atoms with Gasteiger partial charge in [-0.25, -0.2) is 9.59 Å². The number of rotatable bonds is 9. The van der Waals surface area contributed by atoms with Crippen molar-refractivity contribution >= 4 is 18.0 Å². The third kappa shape index (κ3) is 5.65. The number of carboxylic acids is 1. The van der Waals surface area contributed by atoms with Crippen LogP contribution in [0.2, 0.25) is 0 Å². The summed E-state index contributed by atoms with van der Waals surface area (Å²) in [6.45, 7) is 2.22. The summed E-state index contributed by atoms with van der Waals surface area (Å²) in [5.74, 6) is -1.25. The van der Waals surface area contributed by atoms with Crippen molar-refractivity contribution in [2.45, 2.75) is 44.1 Å². The smallest absolute Gasteiger partial charge is 0.407 e. The lowest BCUT2D eigenvalue weighted by Gasteiger charge is -2.37. The van der Waals surface area contributed by atoms with Crippen LogP contribution < -0.4 is 10.6 Å². The van der Waals surface area contributed by atoms with E-state index in [4.69, 9.17) is 9.47 Å². The zero-order valence-corrected chi connectivity index (χ0v) is 19.9. The van der Waals surface area contributed by atoms with E-state index in [0.29, 0.717) is 12.8 Å². The molecule has 8 heteroatoms. The van der Waals surface area contributed by atoms with Crippen LogP contribution in [0.4, 0.5) is 4.79 Å². The van der Waals surface area contributed by atoms with Gasteiger partial charge < -0.3 is 25.2 Å². The average molecular weight is 481 g/mol. The second-order valence-corrected chi connectivity index (χ2v) is 9.44. The Morgan fingerprint density at radius 1 is 1.06 bits per heavy atom. The lowest BCUT2D eigenvalue weighted by atomic mass is 9.76. The standard InChI is InChI=1S/C27H32N2O6/c1-18-7-6-12-27(15-18,25(31)32)29-24(30)17-34-14-13-28-26(33)35-16-23-21-10-4-2-8-19(21)20-9-3-5-11-22(20)23/h2-5,8-11,18,23H,6-7,12-17H2,1H3,(H,28,33)(H,29,30)(H,31,32). The molecular formula is C27H32N2O6. The van der Waals surface area contributed by atoms with Crippen LogP contribution in [-0.4, -0.2) is 55.0 Å². The first-order valence-corrected chi connectivity index (χ1v) is 12.1. The van der Waals surface area contributed by atoms with Gasteiger partial charge in [0, 0.05) is 12.5 Å². The molecule has 2 amide bonds. The lowest BCUT2D eigenvalue weighted by Crippen LogP contribution is -2.57. The van der Waals surface area contributed by atoms with Crippen molar-refractivity contribution in [3.63, 3.8) is 0 Å². The Bertz CT molecular complexity index is 1040. The molecule has 1 fully saturated rings. The molecular weight excluding hydrogens is 448 g/mol. The lowest BCUT2D eigenvalue weighted by molar-refractivity contribution is -0.150. The van der Waals surface area contributed by atoms with Crippen molar-refractivity contribution in [3.05, 3.63) is 59.7 Å². The molecule has 2 aromatic carbocycles. The Morgan fingerprint density at radius 2 is 1.71 bits per heavy atom. The fraction of sp³-hybridized carbons (Fsp3) is 0.444. The molecule has 3 N–H and O–H groups in total. The van der Waals surface area contributed by atoms with Gasteiger partial charge >= 0.3 is 12.1 Å². The molecule has 2 aromatic rings. The minimum absolute atomic E-state index is 0.0165. The Hall–Kier alpha value is -3.39. The van der Waals surface area contributed by atoms with Crippen LogP contribution in [0.3, 0.4) is 0 Å². The highest BCUT2D eigenvalue weighted by atomic mass is 16.5. The van der Waals surface area contributed by atoms with E-state index in [1.165, 1.54) is 0 Å². The van der Waals surface area contributed by atoms with Gasteiger partial charge in [-0.05, 0) is 41.0 Å². The van der Waals surface area contributed by atoms with E-state index in [9.17, 15) is 19.5 Å². The SMILES string of the molecule is CC1CCCC(NC(=O)COCCNC(=O)OCC2c3ccccc3-c3ccccc32)(C(=O)O)C1. The second kappa shape index (κ2) is 10.9. The molecule has 1 saturated carbocycles. The van der Waals surface area contributed by atoms with Crippen molar-refractivity contribution < 1.29 is 29.0 Å². The van der Waals surface area contributed by atoms with Gasteiger partial charge in [-0.3, -0.25) is 4.79 Å². The van der Waals surface area contributed by atoms with Crippen LogP contribution in [0.1, 0.15) is 49.7 Å². The number of benzene rings is 2. The molecule has 2 aliphatic rings. The third-order valence-corrected chi connectivity index (χ3v) is 6.88. The molecule has 0 aliphatic heterocycles. The van der Waals surface area contributed by atoms with Gasteiger partial charge in [-0.2, -0.15) is 0 Å². The molecule has 0 saturated heterocycles. The number of amides is 2. The third-order valence-electron chi connectivity index (χ3n) is 6.88. The highest BCUT2D eigenvalue weighted by Crippen LogP contribution is 2.44. The maximum atomic E-state index is 12.3. The number of fused-ring (bicyclic) bond motifs is 3. The van der Waals surface area contributed by atoms with Crippen LogP contribution in [0, 0.1) is 5.92 Å². The van der Waals surface area contributed by atoms with Gasteiger partial charge in [0.25, 0.3) is 0 Å². The van der Waals surface area contributed by atoms with Crippen molar-refractivity contribution in [2.24, 2.45) is 5.92 Å². The summed E-state index contributed by atoms with van der Waals surface area (Å²) in [6, 6.07) is 16.2. The summed E-state index contributed by atoms with van der Waals surface area (Å²) in [5, 5.41) is 14.9. The molecule has 8 nitrogen and oxygen atoms in total. The van der Waals surface area contributed by atoms with Crippen molar-refractivity contribution in [3.8, 4) is 11.1 Å². The maximum absolute atomic E-state index is 12.3. The normalized spacial score (nSPS) is 21.0. The number of aliphatic carboxylic acids is 1. The van der Waals surface area contributed by atoms with Crippen molar-refractivity contribution in [1.29, 1.82) is 0 Å². The number of ether oxygens (including phenoxy) is 2. The van der Waals surface area contributed by atoms with Crippen molar-refractivity contribution in [2.75, 3.05) is 26.4 Å². The summed E-state index contributed by atoms with van der Waals surface area (Å²) in [5.41, 5.74) is 3.38. The van der Waals surface area contributed by atoms with Gasteiger partial charge in [-0.1, -0.05) is 68.3 Å². The monoisotopic (exact) mass is 480 g/mol. The van der Waals surface area contributed by atoms with Crippen LogP contribution in [0.15, 0.2) is 48.5 Å². The Kier molecular flexibility index (Phi) is 7.70. The van der Waals surface area contributed by atoms with E-state index < -0.39 is 23.5 Å². The number of carbonyl (C=O) groups excluding carboxylic acids is 2. The van der Waals surface area contributed by atoms with E-state index >= 15 is 0 Å². The predicted octanol–water partition coefficient (Wildman–Crippen LogP) is 3.69. The van der Waals surface area contributed by atoms with Crippen molar-refractivity contribution in [1.82, 2.24) is 10.6 Å². The summed E-state index contributed by atoms with van der Waals surface area (Å²) >= 11 is 0. The molecule has 0 bridgehead atoms. The summed E-state index contributed by atoms with van der Waals surface area (Å²) < 4.78 is 10.8. The molecule has 0 heterocycles. The van der Waals surface area contributed by atoms with Crippen LogP contribution >= 0.6 is 0 Å². The van der Waals surface area contributed by atoms with E-state index in [0.717, 1.165) is 35.1 Å². The molecule has 2 aliphatic carbocycles. The number of nitrogens with one attached hydrogen (secondary N) is 2. The summed E-state index contributed by atoms with van der Waals surface area (Å²) in [7, 11) is 0. The zero-order valence-electron chi connectivity index (χ0n) is 19.9. The van der Waals surface area contributed by atoms with Gasteiger partial charge in [0.05, 0.1) is 6.61 Å². The highest BCUT2D eigenvalue weighted by molar-refractivity contribution is 5.87. The number of carbonyl (C=O) groups is 3. The minimum Gasteiger partial charge on any atom is -0.480 e. The first-order chi connectivity index (χ1) is 16.9. The minimum atomic E-state index is -1.22. The average Bonchev–Trinajstić information content (AvgIpc) is 3.16. The Morgan fingerprint density at radius 3 is 2.34 bits per heavy atom. The van der Waals surface area contributed by atoms with Gasteiger partial charge in [0.1, 0.15) is 18.8 Å². The first-order valence-electron chi connectivity index (χ1n) is 12.1. The fourth-order valence-electron chi connectivity index (χ4n) is 5.26. The molecule has 2 atom stereocenters. The Labute approximate surface area is 205 Å². The number of carboxylic acid groups (broad SMARTS) is 1. The van der Waals surface area contributed by atoms with E-state index in [1.807, 2.05) is 31.2 Å². The quantitative estimate of drug-likeness (QED) is 0.472. The molecule has 0 spiro atoms. The molecule has 4 rings (SSSR count). The summed E-state index contributed by atoms with van der Waals surface area (Å²) in [6.07, 6.45) is 2.00. The number of alkyl carbamates (subject to hydrolysis) is 1. The Balaban J connectivity index is 1.18. The topological polar surface area (TPSA) is 114 Å². The number of hydrogen-bond acceptors (Lipinski definition) is 5. The van der Waals surface area contributed by atoms with E-state index in [1.54, 1.807) is 0 Å². The summed E-state index contributed by atoms with van der Waals surface area (Å²) in [4.78, 5) is 36.2. The molecule has 2 unspecified atom stereocenters. The van der Waals surface area contributed by atoms with E-state index in [2.05, 4.69) is 34.9 Å². The first kappa shape index (κ1) is 24.7. The highest BCUT2D eigenvalue weighted by Gasteiger charge is 2.43. The van der Waals surface area contributed by atoms with E-state index in [-0.39, 0.29) is 38.2 Å². The number of hydrogen-bond donors (Lipinski definition) is 3. The molecule has 186 valence electrons. The molecule has 0 radical (unpaired) electrons. The van der Waals surface area contributed by atoms with Gasteiger partial charge in [0.2, 0.25) is 5.91 Å². The fourth-order valence-corrected chi connectivity index (χ4v) is 5.26. The van der Waals surface area contributed by atoms with Gasteiger partial charge in [0.15, 0.2) is 0 Å². The predicted molar refractivity (Wildman–Crippen MR) is 130 cm³/mol.